The average Bonchev–Trinajstić information content (AvgIpc) is 3.06. The van der Waals surface area contributed by atoms with Gasteiger partial charge >= 0.3 is 12.1 Å². The maximum atomic E-state index is 11.0. The number of aliphatic hydroxyl groups is 1. The van der Waals surface area contributed by atoms with Crippen LogP contribution in [0.25, 0.3) is 0 Å². The van der Waals surface area contributed by atoms with Gasteiger partial charge in [-0.3, -0.25) is 31.1 Å². The molecule has 0 aromatic carbocycles. The van der Waals surface area contributed by atoms with Gasteiger partial charge < -0.3 is 20.3 Å². The number of hydrogen-bond acceptors (Lipinski definition) is 13. The first-order chi connectivity index (χ1) is 27.4. The summed E-state index contributed by atoms with van der Waals surface area (Å²) in [6, 6.07) is 0. The summed E-state index contributed by atoms with van der Waals surface area (Å²) in [7, 11) is 0. The maximum Gasteiger partial charge on any atom is 0.421 e. The lowest BCUT2D eigenvalue weighted by molar-refractivity contribution is -0.140. The molecule has 13 N–H and O–H groups in total. The van der Waals surface area contributed by atoms with Crippen LogP contribution in [0.2, 0.25) is 0 Å². The summed E-state index contributed by atoms with van der Waals surface area (Å²) < 4.78 is 0. The fourth-order valence-corrected chi connectivity index (χ4v) is 4.77. The molecule has 0 unspecified atom stereocenters. The lowest BCUT2D eigenvalue weighted by atomic mass is 9.97. The molecule has 0 radical (unpaired) electrons. The van der Waals surface area contributed by atoms with E-state index in [1.165, 1.54) is 11.9 Å². The Morgan fingerprint density at radius 2 is 1.10 bits per heavy atom. The van der Waals surface area contributed by atoms with Crippen LogP contribution >= 0.6 is 0 Å². The minimum absolute atomic E-state index is 0. The molecule has 0 rings (SSSR count). The van der Waals surface area contributed by atoms with Crippen molar-refractivity contribution in [1.82, 2.24) is 25.0 Å². The van der Waals surface area contributed by atoms with Gasteiger partial charge in [-0.25, -0.2) is 37.3 Å². The van der Waals surface area contributed by atoms with E-state index < -0.39 is 18.0 Å². The van der Waals surface area contributed by atoms with Crippen molar-refractivity contribution < 1.29 is 34.5 Å². The van der Waals surface area contributed by atoms with Crippen molar-refractivity contribution >= 4 is 23.8 Å². The van der Waals surface area contributed by atoms with E-state index in [1.54, 1.807) is 34.2 Å². The number of nitrogens with two attached hydrogens (primary N) is 5. The molecule has 0 aromatic rings. The number of amides is 2. The van der Waals surface area contributed by atoms with Gasteiger partial charge in [0.15, 0.2) is 0 Å². The largest absolute Gasteiger partial charge is 0.508 e. The third-order valence-electron chi connectivity index (χ3n) is 7.29. The minimum atomic E-state index is -1.08. The van der Waals surface area contributed by atoms with Gasteiger partial charge in [-0.1, -0.05) is 130 Å². The van der Waals surface area contributed by atoms with Crippen molar-refractivity contribution in [3.8, 4) is 0 Å². The molecule has 0 heterocycles. The molecule has 0 aliphatic heterocycles. The number of unbranched alkanes of at least 4 members (excludes halogenated alkanes) is 1. The van der Waals surface area contributed by atoms with Gasteiger partial charge in [0.1, 0.15) is 11.5 Å². The third kappa shape index (κ3) is 58.5. The zero-order chi connectivity index (χ0) is 48.3. The van der Waals surface area contributed by atoms with Crippen LogP contribution in [0.4, 0.5) is 4.79 Å². The Balaban J connectivity index is -0.000000124. The van der Waals surface area contributed by atoms with Crippen molar-refractivity contribution in [2.24, 2.45) is 70.6 Å². The zero-order valence-electron chi connectivity index (χ0n) is 40.4. The van der Waals surface area contributed by atoms with Gasteiger partial charge in [0.25, 0.3) is 0 Å². The van der Waals surface area contributed by atoms with Crippen LogP contribution < -0.4 is 29.2 Å². The van der Waals surface area contributed by atoms with Crippen LogP contribution in [0.3, 0.4) is 0 Å². The molecule has 62 heavy (non-hydrogen) atoms. The summed E-state index contributed by atoms with van der Waals surface area (Å²) in [6.45, 7) is 37.7. The molecule has 0 saturated heterocycles. The number of ketones is 1. The molecular weight excluding hydrogens is 793 g/mol. The molecule has 17 nitrogen and oxygen atoms in total. The molecule has 372 valence electrons. The van der Waals surface area contributed by atoms with Crippen LogP contribution in [0, 0.1) is 41.4 Å². The Kier molecular flexibility index (Phi) is 51.8. The third-order valence-corrected chi connectivity index (χ3v) is 7.29. The van der Waals surface area contributed by atoms with Crippen molar-refractivity contribution in [3.05, 3.63) is 36.3 Å². The molecule has 0 aromatic heterocycles. The topological polar surface area (TPSA) is 275 Å². The van der Waals surface area contributed by atoms with Crippen molar-refractivity contribution in [3.63, 3.8) is 0 Å². The lowest BCUT2D eigenvalue weighted by Gasteiger charge is -2.17. The van der Waals surface area contributed by atoms with Gasteiger partial charge in [0.2, 0.25) is 5.91 Å². The number of aliphatic hydroxyl groups excluding tert-OH is 1. The molecule has 0 fully saturated rings. The number of hydrazine groups is 5. The number of aliphatic carboxylic acids is 1. The normalized spacial score (nSPS) is 11.4. The van der Waals surface area contributed by atoms with E-state index in [0.29, 0.717) is 62.2 Å². The zero-order valence-corrected chi connectivity index (χ0v) is 40.4. The first kappa shape index (κ1) is 72.8. The number of allylic oxidation sites excluding steroid dienone is 1. The fraction of sp³-hybridized carbons (Fsp3) is 0.778. The highest BCUT2D eigenvalue weighted by Crippen LogP contribution is 2.16. The van der Waals surface area contributed by atoms with E-state index in [4.69, 9.17) is 39.4 Å². The summed E-state index contributed by atoms with van der Waals surface area (Å²) in [5, 5.41) is 33.5. The van der Waals surface area contributed by atoms with Crippen molar-refractivity contribution in [2.45, 2.75) is 144 Å². The molecule has 0 aliphatic carbocycles. The second kappa shape index (κ2) is 44.0. The van der Waals surface area contributed by atoms with Crippen LogP contribution in [0.15, 0.2) is 36.3 Å². The standard InChI is InChI=1S/C13H26N2O.C12H24N2O2.C7H16N2O.C6H14N2O.C5H12N2O2.2CH4/c1-10(2)8-13(12(5)16)6-7-15(14)9-11(3)4;1-9(2)7-11(12(15)16)5-6-14(13)8-10(3)4;1-6(2)4-9(8)5-7(3)10;1-3-4-5-8(7)6(2)9;1-4(2)3-7(6)5(8)9;;/h6,10-11,16H,5,7-9,14H2,1-4H3;5-6,9-11H,7-8,13H2,1-4H3,(H,15,16);6H,4-5,8H2,1-3H3;3-5,7H2,1-2H3;4H,3,6H2,1-2H3,(H,8,9);2*1H4/b13-6+;6-5+;;;;;/t;11-;;;;;/m.0...../s1. The monoisotopic (exact) mass is 893 g/mol. The van der Waals surface area contributed by atoms with Crippen LogP contribution in [-0.2, 0) is 14.4 Å². The van der Waals surface area contributed by atoms with E-state index in [-0.39, 0.29) is 38.2 Å². The van der Waals surface area contributed by atoms with Crippen molar-refractivity contribution in [1.29, 1.82) is 0 Å². The maximum absolute atomic E-state index is 11.0. The highest BCUT2D eigenvalue weighted by Gasteiger charge is 2.15. The highest BCUT2D eigenvalue weighted by molar-refractivity contribution is 5.77. The number of nitrogens with zero attached hydrogens (tertiary/aromatic N) is 5. The summed E-state index contributed by atoms with van der Waals surface area (Å²) >= 11 is 0. The smallest absolute Gasteiger partial charge is 0.421 e. The predicted molar refractivity (Wildman–Crippen MR) is 260 cm³/mol. The second-order valence-corrected chi connectivity index (χ2v) is 17.5. The van der Waals surface area contributed by atoms with E-state index in [9.17, 15) is 24.3 Å². The first-order valence-electron chi connectivity index (χ1n) is 21.2. The lowest BCUT2D eigenvalue weighted by Crippen LogP contribution is -2.38. The molecule has 0 bridgehead atoms. The number of carboxylic acids is 1. The Bertz CT molecular complexity index is 1200. The SMILES string of the molecule is C.C.C=C(O)/C(=C/CN(N)CC(C)C)CC(C)C.CC(=O)CN(N)CC(C)C.CC(C)CN(N)C(=O)O.CC(C)C[C@H](/C=C/N(N)CC(C)C)C(=O)O.CCCCN(N)C(C)=O. The van der Waals surface area contributed by atoms with Gasteiger partial charge in [-0.15, -0.1) is 0 Å². The van der Waals surface area contributed by atoms with Crippen LogP contribution in [0.1, 0.15) is 144 Å². The summed E-state index contributed by atoms with van der Waals surface area (Å²) in [5.74, 6) is 29.0. The number of hydrogen-bond donors (Lipinski definition) is 8. The van der Waals surface area contributed by atoms with Gasteiger partial charge in [0, 0.05) is 52.4 Å². The number of rotatable bonds is 23. The summed E-state index contributed by atoms with van der Waals surface area (Å²) in [6.07, 6.45) is 7.75. The summed E-state index contributed by atoms with van der Waals surface area (Å²) in [4.78, 5) is 42.0. The van der Waals surface area contributed by atoms with E-state index in [0.717, 1.165) is 49.5 Å². The summed E-state index contributed by atoms with van der Waals surface area (Å²) in [5.41, 5.74) is 0.897. The van der Waals surface area contributed by atoms with Crippen LogP contribution in [0.5, 0.6) is 0 Å². The van der Waals surface area contributed by atoms with Gasteiger partial charge in [-0.2, -0.15) is 0 Å². The predicted octanol–water partition coefficient (Wildman–Crippen LogP) is 7.63. The minimum Gasteiger partial charge on any atom is -0.508 e. The quantitative estimate of drug-likeness (QED) is 0.0161. The molecule has 0 aliphatic rings. The van der Waals surface area contributed by atoms with Gasteiger partial charge in [0.05, 0.1) is 12.5 Å². The Labute approximate surface area is 379 Å². The van der Waals surface area contributed by atoms with Crippen LogP contribution in [-0.4, -0.2) is 110 Å². The second-order valence-electron chi connectivity index (χ2n) is 17.5. The Morgan fingerprint density at radius 1 is 0.645 bits per heavy atom. The molecule has 0 saturated carbocycles. The molecule has 0 spiro atoms. The average molecular weight is 893 g/mol. The van der Waals surface area contributed by atoms with E-state index in [1.807, 2.05) is 33.8 Å². The Hall–Kier alpha value is -3.58. The number of carbonyl (C=O) groups is 4. The first-order valence-corrected chi connectivity index (χ1v) is 21.2. The Morgan fingerprint density at radius 3 is 1.40 bits per heavy atom. The highest BCUT2D eigenvalue weighted by atomic mass is 16.4. The van der Waals surface area contributed by atoms with Gasteiger partial charge in [-0.05, 0) is 67.3 Å². The molecular formula is C45H100N10O7. The molecule has 1 atom stereocenters. The molecule has 17 heteroatoms. The van der Waals surface area contributed by atoms with E-state index in [2.05, 4.69) is 68.9 Å². The molecule has 2 amide bonds. The van der Waals surface area contributed by atoms with E-state index >= 15 is 0 Å². The number of carboxylic acid groups (broad SMARTS) is 2. The number of Topliss-reactive ketones (excluding diaryl/α,β-unsaturated/α-hetero) is 1. The number of carbonyl (C=O) groups excluding carboxylic acids is 2. The van der Waals surface area contributed by atoms with Crippen molar-refractivity contribution in [2.75, 3.05) is 45.8 Å². The fourth-order valence-electron chi connectivity index (χ4n) is 4.77.